The SMILES string of the molecule is CCc1cc(NS(=O)(=O)c2cc(Cl)ccc2Cl)n[nH]1. The molecule has 1 aromatic carbocycles. The molecule has 2 aromatic rings. The van der Waals surface area contributed by atoms with Crippen LogP contribution in [0.1, 0.15) is 12.6 Å². The van der Waals surface area contributed by atoms with Gasteiger partial charge in [0.2, 0.25) is 0 Å². The van der Waals surface area contributed by atoms with E-state index in [4.69, 9.17) is 23.2 Å². The lowest BCUT2D eigenvalue weighted by Gasteiger charge is -2.07. The molecule has 0 aliphatic heterocycles. The lowest BCUT2D eigenvalue weighted by atomic mass is 10.3. The number of sulfonamides is 1. The Balaban J connectivity index is 2.34. The maximum absolute atomic E-state index is 12.2. The van der Waals surface area contributed by atoms with E-state index in [1.165, 1.54) is 18.2 Å². The zero-order valence-corrected chi connectivity index (χ0v) is 12.3. The van der Waals surface area contributed by atoms with Crippen LogP contribution < -0.4 is 4.72 Å². The smallest absolute Gasteiger partial charge is 0.264 e. The Hall–Kier alpha value is -1.24. The van der Waals surface area contributed by atoms with Gasteiger partial charge in [0, 0.05) is 16.8 Å². The molecule has 5 nitrogen and oxygen atoms in total. The third-order valence-corrected chi connectivity index (χ3v) is 4.50. The lowest BCUT2D eigenvalue weighted by molar-refractivity contribution is 0.601. The molecule has 0 unspecified atom stereocenters. The van der Waals surface area contributed by atoms with Gasteiger partial charge in [-0.05, 0) is 24.6 Å². The molecule has 8 heteroatoms. The molecule has 0 saturated heterocycles. The molecule has 1 aromatic heterocycles. The summed E-state index contributed by atoms with van der Waals surface area (Å²) in [5, 5.41) is 6.97. The number of rotatable bonds is 4. The number of anilines is 1. The van der Waals surface area contributed by atoms with Gasteiger partial charge < -0.3 is 0 Å². The van der Waals surface area contributed by atoms with Crippen LogP contribution in [-0.4, -0.2) is 18.6 Å². The number of aromatic nitrogens is 2. The first-order valence-corrected chi connectivity index (χ1v) is 7.68. The summed E-state index contributed by atoms with van der Waals surface area (Å²) < 4.78 is 26.7. The largest absolute Gasteiger partial charge is 0.280 e. The Morgan fingerprint density at radius 1 is 1.32 bits per heavy atom. The Morgan fingerprint density at radius 3 is 2.68 bits per heavy atom. The van der Waals surface area contributed by atoms with Crippen molar-refractivity contribution in [3.05, 3.63) is 40.0 Å². The van der Waals surface area contributed by atoms with E-state index in [-0.39, 0.29) is 15.7 Å². The van der Waals surface area contributed by atoms with Gasteiger partial charge in [0.05, 0.1) is 5.02 Å². The zero-order valence-electron chi connectivity index (χ0n) is 9.94. The van der Waals surface area contributed by atoms with Crippen LogP contribution in [0.4, 0.5) is 5.82 Å². The summed E-state index contributed by atoms with van der Waals surface area (Å²) in [4.78, 5) is -0.0808. The number of aryl methyl sites for hydroxylation is 1. The molecular weight excluding hydrogens is 309 g/mol. The average molecular weight is 320 g/mol. The minimum atomic E-state index is -3.81. The number of nitrogens with zero attached hydrogens (tertiary/aromatic N) is 1. The summed E-state index contributed by atoms with van der Waals surface area (Å²) in [5.41, 5.74) is 0.829. The van der Waals surface area contributed by atoms with Crippen LogP contribution >= 0.6 is 23.2 Å². The molecule has 0 saturated carbocycles. The fourth-order valence-electron chi connectivity index (χ4n) is 1.47. The van der Waals surface area contributed by atoms with E-state index in [0.29, 0.717) is 5.02 Å². The number of halogens is 2. The standard InChI is InChI=1S/C11H11Cl2N3O2S/c1-2-8-6-11(15-14-8)16-19(17,18)10-5-7(12)3-4-9(10)13/h3-6H,2H2,1H3,(H2,14,15,16). The number of hydrogen-bond acceptors (Lipinski definition) is 3. The van der Waals surface area contributed by atoms with Gasteiger partial charge in [-0.1, -0.05) is 30.1 Å². The van der Waals surface area contributed by atoms with Crippen LogP contribution in [0.5, 0.6) is 0 Å². The van der Waals surface area contributed by atoms with Gasteiger partial charge in [0.1, 0.15) is 4.90 Å². The van der Waals surface area contributed by atoms with Crippen molar-refractivity contribution in [1.82, 2.24) is 10.2 Å². The van der Waals surface area contributed by atoms with Gasteiger partial charge >= 0.3 is 0 Å². The fourth-order valence-corrected chi connectivity index (χ4v) is 3.23. The van der Waals surface area contributed by atoms with E-state index < -0.39 is 10.0 Å². The second-order valence-corrected chi connectivity index (χ2v) is 6.31. The number of H-pyrrole nitrogens is 1. The predicted octanol–water partition coefficient (Wildman–Crippen LogP) is 3.08. The van der Waals surface area contributed by atoms with Crippen molar-refractivity contribution in [3.63, 3.8) is 0 Å². The third kappa shape index (κ3) is 3.20. The molecule has 0 fully saturated rings. The molecule has 2 rings (SSSR count). The number of nitrogens with one attached hydrogen (secondary N) is 2. The Bertz CT molecular complexity index is 698. The van der Waals surface area contributed by atoms with Crippen molar-refractivity contribution in [2.75, 3.05) is 4.72 Å². The van der Waals surface area contributed by atoms with Crippen molar-refractivity contribution in [3.8, 4) is 0 Å². The molecule has 1 heterocycles. The van der Waals surface area contributed by atoms with Crippen LogP contribution in [0.2, 0.25) is 10.0 Å². The van der Waals surface area contributed by atoms with Crippen LogP contribution in [0.15, 0.2) is 29.2 Å². The number of aromatic amines is 1. The highest BCUT2D eigenvalue weighted by molar-refractivity contribution is 7.92. The van der Waals surface area contributed by atoms with Crippen LogP contribution in [0, 0.1) is 0 Å². The van der Waals surface area contributed by atoms with Crippen molar-refractivity contribution in [2.45, 2.75) is 18.2 Å². The molecule has 2 N–H and O–H groups in total. The maximum Gasteiger partial charge on any atom is 0.264 e. The number of benzene rings is 1. The molecule has 0 radical (unpaired) electrons. The fraction of sp³-hybridized carbons (Fsp3) is 0.182. The highest BCUT2D eigenvalue weighted by Gasteiger charge is 2.19. The average Bonchev–Trinajstić information content (AvgIpc) is 2.79. The first kappa shape index (κ1) is 14.2. The molecule has 19 heavy (non-hydrogen) atoms. The second-order valence-electron chi connectivity index (χ2n) is 3.81. The monoisotopic (exact) mass is 319 g/mol. The summed E-state index contributed by atoms with van der Waals surface area (Å²) in [5.74, 6) is 0.216. The first-order chi connectivity index (χ1) is 8.92. The summed E-state index contributed by atoms with van der Waals surface area (Å²) in [7, 11) is -3.81. The Labute approximate surface area is 121 Å². The van der Waals surface area contributed by atoms with Crippen molar-refractivity contribution < 1.29 is 8.42 Å². The highest BCUT2D eigenvalue weighted by atomic mass is 35.5. The molecule has 102 valence electrons. The molecule has 0 aliphatic rings. The van der Waals surface area contributed by atoms with Gasteiger partial charge in [-0.2, -0.15) is 5.10 Å². The summed E-state index contributed by atoms with van der Waals surface area (Å²) >= 11 is 11.7. The van der Waals surface area contributed by atoms with E-state index in [1.54, 1.807) is 6.07 Å². The Kier molecular flexibility index (Phi) is 4.03. The van der Waals surface area contributed by atoms with Gasteiger partial charge in [0.15, 0.2) is 5.82 Å². The van der Waals surface area contributed by atoms with Gasteiger partial charge in [-0.25, -0.2) is 8.42 Å². The lowest BCUT2D eigenvalue weighted by Crippen LogP contribution is -2.13. The molecular formula is C11H11Cl2N3O2S. The van der Waals surface area contributed by atoms with Gasteiger partial charge in [-0.15, -0.1) is 0 Å². The van der Waals surface area contributed by atoms with Crippen LogP contribution in [0.25, 0.3) is 0 Å². The van der Waals surface area contributed by atoms with Gasteiger partial charge in [-0.3, -0.25) is 9.82 Å². The zero-order chi connectivity index (χ0) is 14.0. The van der Waals surface area contributed by atoms with Crippen molar-refractivity contribution in [1.29, 1.82) is 0 Å². The summed E-state index contributed by atoms with van der Waals surface area (Å²) in [6.07, 6.45) is 0.729. The Morgan fingerprint density at radius 2 is 2.05 bits per heavy atom. The van der Waals surface area contributed by atoms with E-state index in [0.717, 1.165) is 12.1 Å². The van der Waals surface area contributed by atoms with E-state index in [2.05, 4.69) is 14.9 Å². The maximum atomic E-state index is 12.2. The highest BCUT2D eigenvalue weighted by Crippen LogP contribution is 2.26. The third-order valence-electron chi connectivity index (χ3n) is 2.43. The van der Waals surface area contributed by atoms with Crippen LogP contribution in [-0.2, 0) is 16.4 Å². The molecule has 0 aliphatic carbocycles. The van der Waals surface area contributed by atoms with E-state index >= 15 is 0 Å². The predicted molar refractivity (Wildman–Crippen MR) is 75.2 cm³/mol. The molecule has 0 bridgehead atoms. The molecule has 0 amide bonds. The molecule has 0 atom stereocenters. The minimum Gasteiger partial charge on any atom is -0.280 e. The number of hydrogen-bond donors (Lipinski definition) is 2. The normalized spacial score (nSPS) is 11.5. The minimum absolute atomic E-state index is 0.0808. The topological polar surface area (TPSA) is 74.8 Å². The summed E-state index contributed by atoms with van der Waals surface area (Å²) in [6.45, 7) is 1.93. The van der Waals surface area contributed by atoms with Crippen molar-refractivity contribution >= 4 is 39.0 Å². The van der Waals surface area contributed by atoms with Crippen LogP contribution in [0.3, 0.4) is 0 Å². The summed E-state index contributed by atoms with van der Waals surface area (Å²) in [6, 6.07) is 5.86. The van der Waals surface area contributed by atoms with E-state index in [9.17, 15) is 8.42 Å². The van der Waals surface area contributed by atoms with Crippen molar-refractivity contribution in [2.24, 2.45) is 0 Å². The second kappa shape index (κ2) is 5.40. The first-order valence-electron chi connectivity index (χ1n) is 5.44. The van der Waals surface area contributed by atoms with Gasteiger partial charge in [0.25, 0.3) is 10.0 Å². The quantitative estimate of drug-likeness (QED) is 0.909. The molecule has 0 spiro atoms. The van der Waals surface area contributed by atoms with E-state index in [1.807, 2.05) is 6.92 Å².